The number of nitrogens with zero attached hydrogens (tertiary/aromatic N) is 5. The number of hydrogen-bond acceptors (Lipinski definition) is 5. The van der Waals surface area contributed by atoms with Gasteiger partial charge in [-0.3, -0.25) is 9.88 Å². The Bertz CT molecular complexity index is 936. The SMILES string of the molecule is CC(C)n1nc(-c2ccc(C(F)(F)F)nc2)nc1[C@@H]1CC[C@H](N2CCC3(CSC3)C2)C1. The first-order chi connectivity index (χ1) is 14.7. The average molecular weight is 452 g/mol. The summed E-state index contributed by atoms with van der Waals surface area (Å²) in [5, 5.41) is 4.65. The van der Waals surface area contributed by atoms with Crippen LogP contribution in [0.3, 0.4) is 0 Å². The molecule has 2 aromatic heterocycles. The van der Waals surface area contributed by atoms with Gasteiger partial charge in [0.15, 0.2) is 5.82 Å². The number of thioether (sulfide) groups is 1. The van der Waals surface area contributed by atoms with Crippen LogP contribution in [0.5, 0.6) is 0 Å². The van der Waals surface area contributed by atoms with Gasteiger partial charge in [0.05, 0.1) is 0 Å². The Labute approximate surface area is 184 Å². The van der Waals surface area contributed by atoms with Crippen molar-refractivity contribution in [1.82, 2.24) is 24.6 Å². The Balaban J connectivity index is 1.34. The minimum absolute atomic E-state index is 0.139. The highest BCUT2D eigenvalue weighted by Crippen LogP contribution is 2.48. The fourth-order valence-electron chi connectivity index (χ4n) is 5.24. The molecule has 1 aliphatic carbocycles. The summed E-state index contributed by atoms with van der Waals surface area (Å²) in [5.41, 5.74) is 0.197. The Kier molecular flexibility index (Phi) is 5.32. The molecular weight excluding hydrogens is 423 g/mol. The van der Waals surface area contributed by atoms with Gasteiger partial charge in [-0.1, -0.05) is 0 Å². The van der Waals surface area contributed by atoms with E-state index in [1.54, 1.807) is 0 Å². The normalized spacial score (nSPS) is 26.1. The van der Waals surface area contributed by atoms with Crippen molar-refractivity contribution in [2.24, 2.45) is 5.41 Å². The Morgan fingerprint density at radius 3 is 2.58 bits per heavy atom. The Morgan fingerprint density at radius 2 is 2.00 bits per heavy atom. The van der Waals surface area contributed by atoms with E-state index in [1.807, 2.05) is 4.68 Å². The number of aromatic nitrogens is 4. The molecule has 4 heterocycles. The zero-order chi connectivity index (χ0) is 21.8. The molecule has 3 aliphatic rings. The predicted octanol–water partition coefficient (Wildman–Crippen LogP) is 5.01. The molecule has 0 unspecified atom stereocenters. The topological polar surface area (TPSA) is 46.8 Å². The standard InChI is InChI=1S/C22H28F3N5S/c1-14(2)30-20(27-19(28-30)16-4-6-18(26-10-16)22(23,24)25)15-3-5-17(9-15)29-8-7-21(11-29)12-31-13-21/h4,6,10,14-15,17H,3,5,7-9,11-13H2,1-2H3/t15-,17+/m1/s1. The molecule has 0 radical (unpaired) electrons. The molecule has 5 rings (SSSR count). The van der Waals surface area contributed by atoms with E-state index in [-0.39, 0.29) is 6.04 Å². The number of alkyl halides is 3. The van der Waals surface area contributed by atoms with E-state index >= 15 is 0 Å². The Morgan fingerprint density at radius 1 is 1.19 bits per heavy atom. The number of pyridine rings is 1. The fraction of sp³-hybridized carbons (Fsp3) is 0.682. The first kappa shape index (κ1) is 21.2. The van der Waals surface area contributed by atoms with E-state index in [9.17, 15) is 13.2 Å². The maximum absolute atomic E-state index is 12.8. The summed E-state index contributed by atoms with van der Waals surface area (Å²) in [4.78, 5) is 11.1. The monoisotopic (exact) mass is 451 g/mol. The Hall–Kier alpha value is -1.61. The molecule has 5 nitrogen and oxygen atoms in total. The lowest BCUT2D eigenvalue weighted by Gasteiger charge is -2.38. The lowest BCUT2D eigenvalue weighted by atomic mass is 9.91. The van der Waals surface area contributed by atoms with Crippen LogP contribution in [0.25, 0.3) is 11.4 Å². The maximum Gasteiger partial charge on any atom is 0.433 e. The summed E-state index contributed by atoms with van der Waals surface area (Å²) in [5.74, 6) is 4.38. The summed E-state index contributed by atoms with van der Waals surface area (Å²) in [6.45, 7) is 6.57. The predicted molar refractivity (Wildman–Crippen MR) is 115 cm³/mol. The van der Waals surface area contributed by atoms with Crippen molar-refractivity contribution in [1.29, 1.82) is 0 Å². The third kappa shape index (κ3) is 3.99. The first-order valence-electron chi connectivity index (χ1n) is 11.1. The zero-order valence-corrected chi connectivity index (χ0v) is 18.7. The van der Waals surface area contributed by atoms with Crippen LogP contribution >= 0.6 is 11.8 Å². The number of halogens is 3. The zero-order valence-electron chi connectivity index (χ0n) is 17.9. The smallest absolute Gasteiger partial charge is 0.300 e. The summed E-state index contributed by atoms with van der Waals surface area (Å²) < 4.78 is 40.5. The van der Waals surface area contributed by atoms with Crippen LogP contribution < -0.4 is 0 Å². The molecule has 3 fully saturated rings. The molecule has 2 aliphatic heterocycles. The molecule has 0 N–H and O–H groups in total. The summed E-state index contributed by atoms with van der Waals surface area (Å²) in [6.07, 6.45) is 1.45. The molecule has 0 bridgehead atoms. The number of rotatable bonds is 4. The van der Waals surface area contributed by atoms with Crippen LogP contribution in [0.1, 0.15) is 63.0 Å². The molecule has 168 valence electrons. The van der Waals surface area contributed by atoms with Crippen LogP contribution in [0.15, 0.2) is 18.3 Å². The largest absolute Gasteiger partial charge is 0.433 e. The highest BCUT2D eigenvalue weighted by molar-refractivity contribution is 8.00. The van der Waals surface area contributed by atoms with E-state index < -0.39 is 11.9 Å². The second-order valence-electron chi connectivity index (χ2n) is 9.64. The van der Waals surface area contributed by atoms with Gasteiger partial charge in [-0.2, -0.15) is 30.0 Å². The van der Waals surface area contributed by atoms with Crippen LogP contribution in [0.2, 0.25) is 0 Å². The molecule has 2 atom stereocenters. The van der Waals surface area contributed by atoms with Gasteiger partial charge in [0.25, 0.3) is 0 Å². The quantitative estimate of drug-likeness (QED) is 0.654. The van der Waals surface area contributed by atoms with Crippen molar-refractivity contribution in [3.05, 3.63) is 29.8 Å². The van der Waals surface area contributed by atoms with Crippen LogP contribution in [0.4, 0.5) is 13.2 Å². The van der Waals surface area contributed by atoms with Crippen LogP contribution in [-0.2, 0) is 6.18 Å². The maximum atomic E-state index is 12.8. The van der Waals surface area contributed by atoms with Crippen molar-refractivity contribution in [2.45, 2.75) is 63.7 Å². The van der Waals surface area contributed by atoms with E-state index in [1.165, 1.54) is 49.7 Å². The summed E-state index contributed by atoms with van der Waals surface area (Å²) in [6, 6.07) is 3.15. The summed E-state index contributed by atoms with van der Waals surface area (Å²) in [7, 11) is 0. The second-order valence-corrected chi connectivity index (χ2v) is 10.6. The van der Waals surface area contributed by atoms with Gasteiger partial charge in [-0.15, -0.1) is 0 Å². The third-order valence-electron chi connectivity index (χ3n) is 7.03. The van der Waals surface area contributed by atoms with Crippen molar-refractivity contribution in [3.8, 4) is 11.4 Å². The van der Waals surface area contributed by atoms with Crippen molar-refractivity contribution in [2.75, 3.05) is 24.6 Å². The van der Waals surface area contributed by atoms with Gasteiger partial charge in [-0.25, -0.2) is 9.67 Å². The fourth-order valence-corrected chi connectivity index (χ4v) is 6.49. The lowest BCUT2D eigenvalue weighted by Crippen LogP contribution is -2.40. The van der Waals surface area contributed by atoms with E-state index in [2.05, 4.69) is 40.6 Å². The van der Waals surface area contributed by atoms with Crippen LogP contribution in [0, 0.1) is 5.41 Å². The molecular formula is C22H28F3N5S. The van der Waals surface area contributed by atoms with Crippen LogP contribution in [-0.4, -0.2) is 55.3 Å². The average Bonchev–Trinajstić information content (AvgIpc) is 3.43. The second kappa shape index (κ2) is 7.76. The minimum Gasteiger partial charge on any atom is -0.300 e. The van der Waals surface area contributed by atoms with Crippen molar-refractivity contribution in [3.63, 3.8) is 0 Å². The molecule has 31 heavy (non-hydrogen) atoms. The van der Waals surface area contributed by atoms with Gasteiger partial charge in [0, 0.05) is 53.2 Å². The first-order valence-corrected chi connectivity index (χ1v) is 12.2. The van der Waals surface area contributed by atoms with Crippen molar-refractivity contribution < 1.29 is 13.2 Å². The molecule has 2 aromatic rings. The van der Waals surface area contributed by atoms with Crippen molar-refractivity contribution >= 4 is 11.8 Å². The van der Waals surface area contributed by atoms with Gasteiger partial charge >= 0.3 is 6.18 Å². The minimum atomic E-state index is -4.44. The lowest BCUT2D eigenvalue weighted by molar-refractivity contribution is -0.141. The van der Waals surface area contributed by atoms with E-state index in [0.29, 0.717) is 28.8 Å². The number of hydrogen-bond donors (Lipinski definition) is 0. The van der Waals surface area contributed by atoms with Gasteiger partial charge in [0.1, 0.15) is 11.5 Å². The summed E-state index contributed by atoms with van der Waals surface area (Å²) >= 11 is 2.07. The molecule has 9 heteroatoms. The van der Waals surface area contributed by atoms with Gasteiger partial charge in [-0.05, 0) is 58.2 Å². The van der Waals surface area contributed by atoms with E-state index in [4.69, 9.17) is 4.98 Å². The third-order valence-corrected chi connectivity index (χ3v) is 8.66. The molecule has 0 aromatic carbocycles. The molecule has 1 saturated carbocycles. The molecule has 0 amide bonds. The van der Waals surface area contributed by atoms with Gasteiger partial charge < -0.3 is 0 Å². The van der Waals surface area contributed by atoms with Gasteiger partial charge in [0.2, 0.25) is 0 Å². The molecule has 1 spiro atoms. The highest BCUT2D eigenvalue weighted by Gasteiger charge is 2.46. The highest BCUT2D eigenvalue weighted by atomic mass is 32.2. The number of likely N-dealkylation sites (tertiary alicyclic amines) is 1. The van der Waals surface area contributed by atoms with E-state index in [0.717, 1.165) is 24.7 Å². The molecule has 2 saturated heterocycles.